The second kappa shape index (κ2) is 4.14. The van der Waals surface area contributed by atoms with Crippen molar-refractivity contribution in [3.8, 4) is 11.5 Å². The molecule has 1 aromatic carbocycles. The number of hydrogen-bond acceptors (Lipinski definition) is 4. The molecule has 0 aliphatic carbocycles. The smallest absolute Gasteiger partial charge is 0.189 e. The molecule has 0 aliphatic rings. The molecule has 2 rings (SSSR count). The highest BCUT2D eigenvalue weighted by Crippen LogP contribution is 2.26. The number of benzene rings is 1. The van der Waals surface area contributed by atoms with Crippen molar-refractivity contribution in [3.63, 3.8) is 0 Å². The molecule has 0 saturated heterocycles. The van der Waals surface area contributed by atoms with Gasteiger partial charge in [0.15, 0.2) is 11.5 Å². The van der Waals surface area contributed by atoms with Gasteiger partial charge in [0.1, 0.15) is 11.9 Å². The van der Waals surface area contributed by atoms with Crippen molar-refractivity contribution in [3.05, 3.63) is 41.8 Å². The van der Waals surface area contributed by atoms with E-state index in [0.29, 0.717) is 18.1 Å². The third kappa shape index (κ3) is 1.99. The molecule has 1 aromatic heterocycles. The Morgan fingerprint density at radius 2 is 2.13 bits per heavy atom. The zero-order chi connectivity index (χ0) is 10.7. The van der Waals surface area contributed by atoms with Crippen molar-refractivity contribution in [2.75, 3.05) is 0 Å². The van der Waals surface area contributed by atoms with Crippen molar-refractivity contribution in [1.29, 1.82) is 0 Å². The number of aromatic nitrogens is 1. The van der Waals surface area contributed by atoms with Crippen LogP contribution in [0.4, 0.5) is 0 Å². The van der Waals surface area contributed by atoms with Gasteiger partial charge >= 0.3 is 0 Å². The first-order valence-corrected chi connectivity index (χ1v) is 4.68. The summed E-state index contributed by atoms with van der Waals surface area (Å²) < 4.78 is 10.5. The van der Waals surface area contributed by atoms with Crippen molar-refractivity contribution in [2.24, 2.45) is 5.73 Å². The van der Waals surface area contributed by atoms with Gasteiger partial charge in [0.05, 0.1) is 0 Å². The number of para-hydroxylation sites is 1. The van der Waals surface area contributed by atoms with Gasteiger partial charge in [0.25, 0.3) is 0 Å². The average Bonchev–Trinajstić information content (AvgIpc) is 2.65. The standard InChI is InChI=1S/C11H12N2O2/c1-8-11(7-13-15-8)14-10-5-3-2-4-9(10)6-12/h2-5,7H,6,12H2,1H3. The number of nitrogens with two attached hydrogens (primary N) is 1. The van der Waals surface area contributed by atoms with Crippen LogP contribution in [0.25, 0.3) is 0 Å². The maximum atomic E-state index is 5.63. The van der Waals surface area contributed by atoms with Crippen molar-refractivity contribution >= 4 is 0 Å². The van der Waals surface area contributed by atoms with Crippen LogP contribution in [0.15, 0.2) is 35.0 Å². The molecule has 1 heterocycles. The summed E-state index contributed by atoms with van der Waals surface area (Å²) in [6.07, 6.45) is 1.54. The molecule has 0 spiro atoms. The maximum absolute atomic E-state index is 5.63. The molecular weight excluding hydrogens is 192 g/mol. The molecule has 4 heteroatoms. The Balaban J connectivity index is 2.28. The van der Waals surface area contributed by atoms with E-state index in [1.54, 1.807) is 13.1 Å². The summed E-state index contributed by atoms with van der Waals surface area (Å²) in [4.78, 5) is 0. The lowest BCUT2D eigenvalue weighted by Gasteiger charge is -2.07. The van der Waals surface area contributed by atoms with Crippen LogP contribution < -0.4 is 10.5 Å². The van der Waals surface area contributed by atoms with Gasteiger partial charge in [0.2, 0.25) is 0 Å². The van der Waals surface area contributed by atoms with Crippen LogP contribution in [0.1, 0.15) is 11.3 Å². The predicted molar refractivity (Wildman–Crippen MR) is 55.6 cm³/mol. The van der Waals surface area contributed by atoms with Crippen LogP contribution in [0, 0.1) is 6.92 Å². The van der Waals surface area contributed by atoms with Crippen LogP contribution in [-0.2, 0) is 6.54 Å². The second-order valence-corrected chi connectivity index (χ2v) is 3.16. The summed E-state index contributed by atoms with van der Waals surface area (Å²) in [5, 5.41) is 3.64. The molecule has 0 saturated carbocycles. The zero-order valence-corrected chi connectivity index (χ0v) is 8.43. The Kier molecular flexibility index (Phi) is 2.69. The first-order valence-electron chi connectivity index (χ1n) is 4.68. The average molecular weight is 204 g/mol. The lowest BCUT2D eigenvalue weighted by Crippen LogP contribution is -1.98. The van der Waals surface area contributed by atoms with Crippen molar-refractivity contribution in [2.45, 2.75) is 13.5 Å². The molecule has 0 aliphatic heterocycles. The van der Waals surface area contributed by atoms with Gasteiger partial charge in [-0.3, -0.25) is 0 Å². The predicted octanol–water partition coefficient (Wildman–Crippen LogP) is 2.23. The lowest BCUT2D eigenvalue weighted by atomic mass is 10.2. The van der Waals surface area contributed by atoms with Crippen molar-refractivity contribution < 1.29 is 9.26 Å². The third-order valence-corrected chi connectivity index (χ3v) is 2.12. The topological polar surface area (TPSA) is 61.3 Å². The van der Waals surface area contributed by atoms with Gasteiger partial charge in [-0.1, -0.05) is 23.4 Å². The number of hydrogen-bond donors (Lipinski definition) is 1. The molecule has 0 atom stereocenters. The van der Waals surface area contributed by atoms with E-state index in [4.69, 9.17) is 15.0 Å². The second-order valence-electron chi connectivity index (χ2n) is 3.16. The molecule has 2 aromatic rings. The zero-order valence-electron chi connectivity index (χ0n) is 8.43. The van der Waals surface area contributed by atoms with Crippen LogP contribution in [-0.4, -0.2) is 5.16 Å². The minimum Gasteiger partial charge on any atom is -0.452 e. The van der Waals surface area contributed by atoms with Crippen LogP contribution >= 0.6 is 0 Å². The molecule has 4 nitrogen and oxygen atoms in total. The molecule has 2 N–H and O–H groups in total. The van der Waals surface area contributed by atoms with E-state index in [1.807, 2.05) is 24.3 Å². The minimum atomic E-state index is 0.445. The highest BCUT2D eigenvalue weighted by molar-refractivity contribution is 5.37. The lowest BCUT2D eigenvalue weighted by molar-refractivity contribution is 0.385. The number of nitrogens with zero attached hydrogens (tertiary/aromatic N) is 1. The SMILES string of the molecule is Cc1oncc1Oc1ccccc1CN. The van der Waals surface area contributed by atoms with E-state index in [0.717, 1.165) is 11.3 Å². The third-order valence-electron chi connectivity index (χ3n) is 2.12. The molecule has 0 amide bonds. The van der Waals surface area contributed by atoms with Gasteiger partial charge in [-0.15, -0.1) is 0 Å². The highest BCUT2D eigenvalue weighted by Gasteiger charge is 2.07. The Morgan fingerprint density at radius 3 is 2.80 bits per heavy atom. The summed E-state index contributed by atoms with van der Waals surface area (Å²) >= 11 is 0. The van der Waals surface area contributed by atoms with Crippen LogP contribution in [0.3, 0.4) is 0 Å². The number of aryl methyl sites for hydroxylation is 1. The summed E-state index contributed by atoms with van der Waals surface area (Å²) in [5.41, 5.74) is 6.56. The summed E-state index contributed by atoms with van der Waals surface area (Å²) in [5.74, 6) is 2.02. The summed E-state index contributed by atoms with van der Waals surface area (Å²) in [7, 11) is 0. The molecule has 0 bridgehead atoms. The Morgan fingerprint density at radius 1 is 1.33 bits per heavy atom. The molecule has 78 valence electrons. The van der Waals surface area contributed by atoms with Crippen molar-refractivity contribution in [1.82, 2.24) is 5.16 Å². The highest BCUT2D eigenvalue weighted by atomic mass is 16.5. The van der Waals surface area contributed by atoms with Crippen LogP contribution in [0.2, 0.25) is 0 Å². The quantitative estimate of drug-likeness (QED) is 0.832. The van der Waals surface area contributed by atoms with E-state index >= 15 is 0 Å². The normalized spacial score (nSPS) is 10.3. The van der Waals surface area contributed by atoms with Gasteiger partial charge in [0, 0.05) is 19.0 Å². The number of ether oxygens (including phenoxy) is 1. The molecule has 0 radical (unpaired) electrons. The largest absolute Gasteiger partial charge is 0.452 e. The number of rotatable bonds is 3. The van der Waals surface area contributed by atoms with Gasteiger partial charge in [-0.25, -0.2) is 0 Å². The molecule has 0 unspecified atom stereocenters. The first-order chi connectivity index (χ1) is 7.31. The van der Waals surface area contributed by atoms with E-state index < -0.39 is 0 Å². The van der Waals surface area contributed by atoms with Crippen LogP contribution in [0.5, 0.6) is 11.5 Å². The Labute approximate surface area is 87.6 Å². The van der Waals surface area contributed by atoms with E-state index in [2.05, 4.69) is 5.16 Å². The fraction of sp³-hybridized carbons (Fsp3) is 0.182. The molecule has 0 fully saturated rings. The summed E-state index contributed by atoms with van der Waals surface area (Å²) in [6.45, 7) is 2.24. The van der Waals surface area contributed by atoms with Gasteiger partial charge in [-0.05, 0) is 6.07 Å². The Hall–Kier alpha value is -1.81. The maximum Gasteiger partial charge on any atom is 0.189 e. The van der Waals surface area contributed by atoms with E-state index in [1.165, 1.54) is 0 Å². The Bertz CT molecular complexity index is 451. The monoisotopic (exact) mass is 204 g/mol. The fourth-order valence-electron chi connectivity index (χ4n) is 1.28. The molecule has 15 heavy (non-hydrogen) atoms. The van der Waals surface area contributed by atoms with E-state index in [-0.39, 0.29) is 0 Å². The summed E-state index contributed by atoms with van der Waals surface area (Å²) in [6, 6.07) is 7.62. The molecular formula is C11H12N2O2. The van der Waals surface area contributed by atoms with E-state index in [9.17, 15) is 0 Å². The first kappa shape index (κ1) is 9.73. The van der Waals surface area contributed by atoms with Gasteiger partial charge < -0.3 is 15.0 Å². The minimum absolute atomic E-state index is 0.445. The van der Waals surface area contributed by atoms with Gasteiger partial charge in [-0.2, -0.15) is 0 Å². The fourth-order valence-corrected chi connectivity index (χ4v) is 1.28.